The minimum atomic E-state index is -1.79. The second-order valence-corrected chi connectivity index (χ2v) is 5.07. The van der Waals surface area contributed by atoms with Crippen molar-refractivity contribution in [2.75, 3.05) is 12.3 Å². The highest BCUT2D eigenvalue weighted by atomic mass is 35.5. The zero-order valence-electron chi connectivity index (χ0n) is 11.8. The fourth-order valence-corrected chi connectivity index (χ4v) is 2.60. The van der Waals surface area contributed by atoms with Gasteiger partial charge >= 0.3 is 0 Å². The summed E-state index contributed by atoms with van der Waals surface area (Å²) in [5.74, 6) is 2.40. The van der Waals surface area contributed by atoms with Gasteiger partial charge in [0.15, 0.2) is 5.60 Å². The molecular weight excluding hydrogens is 296 g/mol. The highest BCUT2D eigenvalue weighted by Gasteiger charge is 2.47. The first-order valence-electron chi connectivity index (χ1n) is 6.70. The molecule has 0 aromatic carbocycles. The van der Waals surface area contributed by atoms with Crippen LogP contribution in [0.1, 0.15) is 14.0 Å². The summed E-state index contributed by atoms with van der Waals surface area (Å²) < 4.78 is 14.6. The molecule has 3 rings (SSSR count). The number of fused-ring (bicyclic) bond motifs is 1. The van der Waals surface area contributed by atoms with Gasteiger partial charge < -0.3 is 25.3 Å². The standard InChI is InChI=1S/C13H13ClN4O3/c1-2-13(6-19)8(20)5-9(21-13)18-4-3-7-10(15)16-12(14)17-11(7)18/h1,3-4,8-9,19-20H,5-6H2,(H2,15,16,17)/t8-,9+,13+/m0/s1/i6D/t6?,8-,9+,13+. The molecule has 1 saturated heterocycles. The Morgan fingerprint density at radius 1 is 1.71 bits per heavy atom. The van der Waals surface area contributed by atoms with Crippen LogP contribution in [0, 0.1) is 12.3 Å². The van der Waals surface area contributed by atoms with Gasteiger partial charge in [0.1, 0.15) is 23.8 Å². The van der Waals surface area contributed by atoms with Crippen LogP contribution in [0.5, 0.6) is 0 Å². The molecule has 110 valence electrons. The minimum Gasteiger partial charge on any atom is -0.392 e. The lowest BCUT2D eigenvalue weighted by Crippen LogP contribution is -2.41. The molecule has 0 radical (unpaired) electrons. The number of aromatic nitrogens is 3. The van der Waals surface area contributed by atoms with Gasteiger partial charge in [-0.3, -0.25) is 0 Å². The topological polar surface area (TPSA) is 106 Å². The number of ether oxygens (including phenoxy) is 1. The third-order valence-electron chi connectivity index (χ3n) is 3.55. The number of hydrogen-bond acceptors (Lipinski definition) is 6. The molecule has 0 amide bonds. The summed E-state index contributed by atoms with van der Waals surface area (Å²) in [6.45, 7) is -1.78. The number of aliphatic hydroxyl groups excluding tert-OH is 2. The van der Waals surface area contributed by atoms with Crippen LogP contribution in [-0.2, 0) is 4.74 Å². The molecule has 1 unspecified atom stereocenters. The highest BCUT2D eigenvalue weighted by molar-refractivity contribution is 6.28. The Kier molecular flexibility index (Phi) is 2.97. The van der Waals surface area contributed by atoms with E-state index in [9.17, 15) is 10.2 Å². The molecule has 0 saturated carbocycles. The maximum atomic E-state index is 10.1. The lowest BCUT2D eigenvalue weighted by Gasteiger charge is -2.23. The molecule has 21 heavy (non-hydrogen) atoms. The number of rotatable bonds is 2. The van der Waals surface area contributed by atoms with Crippen LogP contribution in [0.2, 0.25) is 5.28 Å². The largest absolute Gasteiger partial charge is 0.392 e. The van der Waals surface area contributed by atoms with Gasteiger partial charge in [-0.1, -0.05) is 5.92 Å². The summed E-state index contributed by atoms with van der Waals surface area (Å²) in [4.78, 5) is 7.96. The Hall–Kier alpha value is -1.85. The molecule has 7 nitrogen and oxygen atoms in total. The lowest BCUT2D eigenvalue weighted by atomic mass is 9.99. The van der Waals surface area contributed by atoms with Crippen molar-refractivity contribution in [3.63, 3.8) is 0 Å². The molecule has 0 spiro atoms. The van der Waals surface area contributed by atoms with Gasteiger partial charge in [-0.25, -0.2) is 4.98 Å². The Balaban J connectivity index is 2.06. The fraction of sp³-hybridized carbons (Fsp3) is 0.385. The molecule has 0 bridgehead atoms. The molecule has 0 aliphatic carbocycles. The number of halogens is 1. The molecule has 1 aliphatic heterocycles. The van der Waals surface area contributed by atoms with E-state index in [1.807, 2.05) is 0 Å². The van der Waals surface area contributed by atoms with Crippen LogP contribution in [0.4, 0.5) is 5.82 Å². The van der Waals surface area contributed by atoms with Crippen LogP contribution in [-0.4, -0.2) is 43.0 Å². The number of hydrogen-bond donors (Lipinski definition) is 3. The second-order valence-electron chi connectivity index (χ2n) is 4.73. The van der Waals surface area contributed by atoms with Crippen molar-refractivity contribution >= 4 is 28.5 Å². The van der Waals surface area contributed by atoms with E-state index >= 15 is 0 Å². The second kappa shape index (κ2) is 4.86. The number of nitrogens with zero attached hydrogens (tertiary/aromatic N) is 3. The van der Waals surface area contributed by atoms with Crippen molar-refractivity contribution in [1.29, 1.82) is 0 Å². The van der Waals surface area contributed by atoms with E-state index in [2.05, 4.69) is 15.9 Å². The van der Waals surface area contributed by atoms with Gasteiger partial charge in [0.25, 0.3) is 0 Å². The van der Waals surface area contributed by atoms with Gasteiger partial charge in [0.05, 0.1) is 13.3 Å². The minimum absolute atomic E-state index is 0.0211. The zero-order valence-corrected chi connectivity index (χ0v) is 11.5. The van der Waals surface area contributed by atoms with Crippen LogP contribution >= 0.6 is 11.6 Å². The van der Waals surface area contributed by atoms with Crippen molar-refractivity contribution in [2.24, 2.45) is 0 Å². The molecule has 1 fully saturated rings. The van der Waals surface area contributed by atoms with Gasteiger partial charge in [0.2, 0.25) is 5.28 Å². The van der Waals surface area contributed by atoms with E-state index in [0.29, 0.717) is 11.0 Å². The van der Waals surface area contributed by atoms with Crippen molar-refractivity contribution < 1.29 is 16.3 Å². The lowest BCUT2D eigenvalue weighted by molar-refractivity contribution is -0.0890. The molecular formula is C13H13ClN4O3. The van der Waals surface area contributed by atoms with E-state index in [-0.39, 0.29) is 17.5 Å². The van der Waals surface area contributed by atoms with E-state index < -0.39 is 24.5 Å². The SMILES string of the molecule is [2H]C(O)[C@@]1(C#C)O[C@@H](n2ccc3c(N)nc(Cl)nc32)C[C@@H]1O. The predicted octanol–water partition coefficient (Wildman–Crippen LogP) is 0.311. The Bertz CT molecular complexity index is 774. The number of terminal acetylenes is 1. The molecule has 3 heterocycles. The van der Waals surface area contributed by atoms with E-state index in [0.717, 1.165) is 0 Å². The molecule has 4 N–H and O–H groups in total. The summed E-state index contributed by atoms with van der Waals surface area (Å²) in [5.41, 5.74) is 4.41. The maximum Gasteiger partial charge on any atom is 0.226 e. The Morgan fingerprint density at radius 3 is 3.10 bits per heavy atom. The van der Waals surface area contributed by atoms with Gasteiger partial charge in [0, 0.05) is 12.6 Å². The average Bonchev–Trinajstić information content (AvgIpc) is 3.00. The first-order valence-corrected chi connectivity index (χ1v) is 6.50. The summed E-state index contributed by atoms with van der Waals surface area (Å²) >= 11 is 5.81. The molecule has 2 aromatic heterocycles. The average molecular weight is 310 g/mol. The Labute approximate surface area is 126 Å². The smallest absolute Gasteiger partial charge is 0.226 e. The van der Waals surface area contributed by atoms with Crippen molar-refractivity contribution in [2.45, 2.75) is 24.4 Å². The molecule has 2 aromatic rings. The van der Waals surface area contributed by atoms with Crippen LogP contribution in [0.25, 0.3) is 11.0 Å². The number of anilines is 1. The monoisotopic (exact) mass is 309 g/mol. The number of nitrogen functional groups attached to an aromatic ring is 1. The first kappa shape index (κ1) is 12.9. The van der Waals surface area contributed by atoms with Gasteiger partial charge in [-0.15, -0.1) is 6.42 Å². The quantitative estimate of drug-likeness (QED) is 0.544. The zero-order chi connectivity index (χ0) is 16.1. The fourth-order valence-electron chi connectivity index (χ4n) is 2.43. The summed E-state index contributed by atoms with van der Waals surface area (Å²) in [5, 5.41) is 20.2. The van der Waals surface area contributed by atoms with Crippen molar-refractivity contribution in [1.82, 2.24) is 14.5 Å². The molecule has 4 atom stereocenters. The van der Waals surface area contributed by atoms with E-state index in [1.54, 1.807) is 16.8 Å². The third-order valence-corrected chi connectivity index (χ3v) is 3.72. The third kappa shape index (κ3) is 2.04. The normalized spacial score (nSPS) is 31.0. The van der Waals surface area contributed by atoms with Crippen LogP contribution in [0.15, 0.2) is 12.3 Å². The van der Waals surface area contributed by atoms with E-state index in [1.165, 1.54) is 0 Å². The van der Waals surface area contributed by atoms with Crippen LogP contribution < -0.4 is 5.73 Å². The van der Waals surface area contributed by atoms with Crippen LogP contribution in [0.3, 0.4) is 0 Å². The van der Waals surface area contributed by atoms with Crippen molar-refractivity contribution in [3.8, 4) is 12.3 Å². The van der Waals surface area contributed by atoms with Gasteiger partial charge in [-0.2, -0.15) is 4.98 Å². The van der Waals surface area contributed by atoms with Gasteiger partial charge in [-0.05, 0) is 17.7 Å². The highest BCUT2D eigenvalue weighted by Crippen LogP contribution is 2.38. The molecule has 8 heteroatoms. The number of aliphatic hydroxyl groups is 2. The molecule has 1 aliphatic rings. The maximum absolute atomic E-state index is 10.1. The number of nitrogens with two attached hydrogens (primary N) is 1. The summed E-state index contributed by atoms with van der Waals surface area (Å²) in [6, 6.07) is 1.68. The Morgan fingerprint density at radius 2 is 2.48 bits per heavy atom. The first-order chi connectivity index (χ1) is 10.4. The van der Waals surface area contributed by atoms with Crippen molar-refractivity contribution in [3.05, 3.63) is 17.5 Å². The summed E-state index contributed by atoms with van der Waals surface area (Å²) in [6.07, 6.45) is 5.17. The summed E-state index contributed by atoms with van der Waals surface area (Å²) in [7, 11) is 0. The predicted molar refractivity (Wildman–Crippen MR) is 76.3 cm³/mol. The van der Waals surface area contributed by atoms with E-state index in [4.69, 9.17) is 29.9 Å².